The molecule has 0 aliphatic carbocycles. The molecule has 8 heteroatoms. The number of rotatable bonds is 5. The molecular formula is C19H15ClF2N2O2S. The molecule has 0 saturated carbocycles. The monoisotopic (exact) mass is 408 g/mol. The standard InChI is InChI=1S/C19H15ClF2N2O2S/c1-26-9-8-24-18-15(22)10-13(21)11-16(18)27-19(24)23-17(25)7-6-12-4-2-3-5-14(12)20/h2-7,10-11H,8-9H2,1H3. The number of amides is 1. The van der Waals surface area contributed by atoms with Crippen LogP contribution >= 0.6 is 22.9 Å². The Morgan fingerprint density at radius 2 is 2.11 bits per heavy atom. The fourth-order valence-corrected chi connectivity index (χ4v) is 3.81. The van der Waals surface area contributed by atoms with E-state index >= 15 is 0 Å². The van der Waals surface area contributed by atoms with Crippen molar-refractivity contribution in [3.8, 4) is 0 Å². The van der Waals surface area contributed by atoms with Crippen molar-refractivity contribution in [3.05, 3.63) is 69.5 Å². The molecule has 1 amide bonds. The van der Waals surface area contributed by atoms with Crippen LogP contribution in [0.2, 0.25) is 5.02 Å². The molecule has 0 unspecified atom stereocenters. The van der Waals surface area contributed by atoms with Gasteiger partial charge in [0.05, 0.1) is 16.8 Å². The fourth-order valence-electron chi connectivity index (χ4n) is 2.51. The smallest absolute Gasteiger partial charge is 0.272 e. The molecule has 1 heterocycles. The second kappa shape index (κ2) is 8.56. The minimum absolute atomic E-state index is 0.195. The van der Waals surface area contributed by atoms with E-state index in [1.807, 2.05) is 0 Å². The molecule has 0 bridgehead atoms. The summed E-state index contributed by atoms with van der Waals surface area (Å²) in [5.41, 5.74) is 0.875. The van der Waals surface area contributed by atoms with E-state index in [0.717, 1.165) is 17.4 Å². The van der Waals surface area contributed by atoms with Crippen LogP contribution in [0.1, 0.15) is 5.56 Å². The zero-order chi connectivity index (χ0) is 19.4. The number of thiazole rings is 1. The third-order valence-electron chi connectivity index (χ3n) is 3.73. The van der Waals surface area contributed by atoms with E-state index in [1.54, 1.807) is 30.3 Å². The minimum Gasteiger partial charge on any atom is -0.383 e. The lowest BCUT2D eigenvalue weighted by molar-refractivity contribution is -0.113. The molecule has 0 aliphatic heterocycles. The molecule has 0 radical (unpaired) electrons. The molecule has 0 aliphatic rings. The number of nitrogens with zero attached hydrogens (tertiary/aromatic N) is 2. The summed E-state index contributed by atoms with van der Waals surface area (Å²) in [7, 11) is 1.51. The van der Waals surface area contributed by atoms with Crippen molar-refractivity contribution < 1.29 is 18.3 Å². The van der Waals surface area contributed by atoms with E-state index in [2.05, 4.69) is 4.99 Å². The summed E-state index contributed by atoms with van der Waals surface area (Å²) >= 11 is 7.09. The van der Waals surface area contributed by atoms with E-state index in [0.29, 0.717) is 21.9 Å². The summed E-state index contributed by atoms with van der Waals surface area (Å²) in [4.78, 5) is 16.5. The zero-order valence-corrected chi connectivity index (χ0v) is 15.9. The van der Waals surface area contributed by atoms with Crippen LogP contribution in [0.15, 0.2) is 47.5 Å². The summed E-state index contributed by atoms with van der Waals surface area (Å²) in [6.07, 6.45) is 2.84. The average molecular weight is 409 g/mol. The summed E-state index contributed by atoms with van der Waals surface area (Å²) in [6.45, 7) is 0.568. The van der Waals surface area contributed by atoms with Gasteiger partial charge in [0.2, 0.25) is 0 Å². The molecule has 1 aromatic heterocycles. The van der Waals surface area contributed by atoms with E-state index in [4.69, 9.17) is 16.3 Å². The van der Waals surface area contributed by atoms with Gasteiger partial charge in [-0.05, 0) is 23.8 Å². The lowest BCUT2D eigenvalue weighted by atomic mass is 10.2. The maximum absolute atomic E-state index is 14.2. The maximum Gasteiger partial charge on any atom is 0.272 e. The molecule has 0 saturated heterocycles. The first kappa shape index (κ1) is 19.4. The van der Waals surface area contributed by atoms with Gasteiger partial charge in [-0.1, -0.05) is 41.1 Å². The Labute approximate surface area is 163 Å². The van der Waals surface area contributed by atoms with Gasteiger partial charge in [-0.2, -0.15) is 4.99 Å². The number of halogens is 3. The predicted octanol–water partition coefficient (Wildman–Crippen LogP) is 4.42. The highest BCUT2D eigenvalue weighted by molar-refractivity contribution is 7.16. The summed E-state index contributed by atoms with van der Waals surface area (Å²) < 4.78 is 34.7. The molecule has 27 heavy (non-hydrogen) atoms. The molecule has 2 aromatic carbocycles. The van der Waals surface area contributed by atoms with E-state index in [1.165, 1.54) is 23.8 Å². The third kappa shape index (κ3) is 4.50. The Hall–Kier alpha value is -2.35. The first-order valence-corrected chi connectivity index (χ1v) is 9.17. The Morgan fingerprint density at radius 1 is 1.33 bits per heavy atom. The highest BCUT2D eigenvalue weighted by atomic mass is 35.5. The molecule has 0 fully saturated rings. The maximum atomic E-state index is 14.2. The number of ether oxygens (including phenoxy) is 1. The number of methoxy groups -OCH3 is 1. The quantitative estimate of drug-likeness (QED) is 0.586. The summed E-state index contributed by atoms with van der Waals surface area (Å²) in [5, 5.41) is 0.510. The van der Waals surface area contributed by atoms with Crippen molar-refractivity contribution in [2.24, 2.45) is 4.99 Å². The number of carbonyl (C=O) groups excluding carboxylic acids is 1. The lowest BCUT2D eigenvalue weighted by Gasteiger charge is -2.04. The van der Waals surface area contributed by atoms with Gasteiger partial charge in [0.1, 0.15) is 5.82 Å². The molecule has 140 valence electrons. The van der Waals surface area contributed by atoms with Crippen molar-refractivity contribution in [1.82, 2.24) is 4.57 Å². The van der Waals surface area contributed by atoms with Gasteiger partial charge in [-0.15, -0.1) is 0 Å². The van der Waals surface area contributed by atoms with Crippen LogP contribution in [-0.4, -0.2) is 24.2 Å². The lowest BCUT2D eigenvalue weighted by Crippen LogP contribution is -2.19. The zero-order valence-electron chi connectivity index (χ0n) is 14.3. The van der Waals surface area contributed by atoms with Crippen LogP contribution in [-0.2, 0) is 16.1 Å². The molecule has 3 aromatic rings. The van der Waals surface area contributed by atoms with Gasteiger partial charge in [-0.3, -0.25) is 4.79 Å². The predicted molar refractivity (Wildman–Crippen MR) is 103 cm³/mol. The number of aromatic nitrogens is 1. The Morgan fingerprint density at radius 3 is 2.85 bits per heavy atom. The highest BCUT2D eigenvalue weighted by Crippen LogP contribution is 2.22. The first-order chi connectivity index (χ1) is 13.0. The summed E-state index contributed by atoms with van der Waals surface area (Å²) in [5.74, 6) is -1.93. The highest BCUT2D eigenvalue weighted by Gasteiger charge is 2.13. The van der Waals surface area contributed by atoms with Crippen LogP contribution in [0.5, 0.6) is 0 Å². The third-order valence-corrected chi connectivity index (χ3v) is 5.10. The number of carbonyl (C=O) groups is 1. The van der Waals surface area contributed by atoms with E-state index in [-0.39, 0.29) is 16.9 Å². The minimum atomic E-state index is -0.710. The Bertz CT molecular complexity index is 1090. The number of hydrogen-bond donors (Lipinski definition) is 0. The fraction of sp³-hybridized carbons (Fsp3) is 0.158. The second-order valence-electron chi connectivity index (χ2n) is 5.57. The van der Waals surface area contributed by atoms with Crippen LogP contribution in [0.3, 0.4) is 0 Å². The van der Waals surface area contributed by atoms with Crippen LogP contribution in [0.4, 0.5) is 8.78 Å². The van der Waals surface area contributed by atoms with Crippen LogP contribution in [0.25, 0.3) is 16.3 Å². The van der Waals surface area contributed by atoms with Gasteiger partial charge >= 0.3 is 0 Å². The van der Waals surface area contributed by atoms with Crippen molar-refractivity contribution >= 4 is 45.1 Å². The molecule has 4 nitrogen and oxygen atoms in total. The second-order valence-corrected chi connectivity index (χ2v) is 6.98. The van der Waals surface area contributed by atoms with Gasteiger partial charge in [0, 0.05) is 30.8 Å². The van der Waals surface area contributed by atoms with E-state index < -0.39 is 17.5 Å². The number of hydrogen-bond acceptors (Lipinski definition) is 3. The van der Waals surface area contributed by atoms with Gasteiger partial charge in [0.25, 0.3) is 5.91 Å². The van der Waals surface area contributed by atoms with Crippen molar-refractivity contribution in [3.63, 3.8) is 0 Å². The normalized spacial score (nSPS) is 12.4. The van der Waals surface area contributed by atoms with Crippen molar-refractivity contribution in [2.45, 2.75) is 6.54 Å². The van der Waals surface area contributed by atoms with Crippen molar-refractivity contribution in [2.75, 3.05) is 13.7 Å². The Balaban J connectivity index is 2.02. The topological polar surface area (TPSA) is 43.6 Å². The number of fused-ring (bicyclic) bond motifs is 1. The molecule has 0 atom stereocenters. The van der Waals surface area contributed by atoms with Crippen LogP contribution in [0, 0.1) is 11.6 Å². The van der Waals surface area contributed by atoms with E-state index in [9.17, 15) is 13.6 Å². The van der Waals surface area contributed by atoms with Gasteiger partial charge in [0.15, 0.2) is 10.6 Å². The van der Waals surface area contributed by atoms with Gasteiger partial charge < -0.3 is 9.30 Å². The number of benzene rings is 2. The first-order valence-electron chi connectivity index (χ1n) is 7.98. The summed E-state index contributed by atoms with van der Waals surface area (Å²) in [6, 6.07) is 9.09. The SMILES string of the molecule is COCCn1c(=NC(=O)C=Cc2ccccc2Cl)sc2cc(F)cc(F)c21. The molecule has 3 rings (SSSR count). The van der Waals surface area contributed by atoms with Gasteiger partial charge in [-0.25, -0.2) is 8.78 Å². The molecule has 0 spiro atoms. The Kier molecular flexibility index (Phi) is 6.15. The van der Waals surface area contributed by atoms with Crippen LogP contribution < -0.4 is 4.80 Å². The van der Waals surface area contributed by atoms with Crippen molar-refractivity contribution in [1.29, 1.82) is 0 Å². The average Bonchev–Trinajstić information content (AvgIpc) is 2.96. The molecular weight excluding hydrogens is 394 g/mol. The molecule has 0 N–H and O–H groups in total. The largest absolute Gasteiger partial charge is 0.383 e.